The van der Waals surface area contributed by atoms with Crippen molar-refractivity contribution in [3.8, 4) is 17.3 Å². The Hall–Kier alpha value is -3.03. The van der Waals surface area contributed by atoms with Gasteiger partial charge in [0.15, 0.2) is 0 Å². The number of methoxy groups -OCH3 is 1. The summed E-state index contributed by atoms with van der Waals surface area (Å²) in [7, 11) is 1.46. The van der Waals surface area contributed by atoms with Gasteiger partial charge < -0.3 is 9.84 Å². The molecule has 1 aromatic heterocycles. The largest absolute Gasteiger partial charge is 0.495 e. The molecule has 0 radical (unpaired) electrons. The van der Waals surface area contributed by atoms with E-state index in [9.17, 15) is 14.7 Å². The first-order valence-corrected chi connectivity index (χ1v) is 8.12. The molecule has 0 saturated carbocycles. The second kappa shape index (κ2) is 7.25. The van der Waals surface area contributed by atoms with E-state index in [4.69, 9.17) is 4.74 Å². The summed E-state index contributed by atoms with van der Waals surface area (Å²) < 4.78 is 6.23. The molecule has 2 aromatic rings. The first kappa shape index (κ1) is 16.8. The van der Waals surface area contributed by atoms with E-state index in [2.05, 4.69) is 10.1 Å². The van der Waals surface area contributed by atoms with Crippen LogP contribution in [0.15, 0.2) is 39.0 Å². The summed E-state index contributed by atoms with van der Waals surface area (Å²) in [5.41, 5.74) is -1.18. The summed E-state index contributed by atoms with van der Waals surface area (Å²) >= 11 is 0. The molecule has 3 rings (SSSR count). The van der Waals surface area contributed by atoms with Crippen molar-refractivity contribution in [2.24, 2.45) is 5.10 Å². The minimum Gasteiger partial charge on any atom is -0.495 e. The number of rotatable bonds is 4. The Kier molecular flexibility index (Phi) is 4.87. The molecule has 1 aliphatic rings. The van der Waals surface area contributed by atoms with Crippen molar-refractivity contribution in [1.82, 2.24) is 14.6 Å². The van der Waals surface area contributed by atoms with Crippen LogP contribution >= 0.6 is 0 Å². The van der Waals surface area contributed by atoms with Gasteiger partial charge in [-0.15, -0.1) is 0 Å². The minimum absolute atomic E-state index is 0.0731. The van der Waals surface area contributed by atoms with Gasteiger partial charge in [-0.05, 0) is 31.4 Å². The monoisotopic (exact) mass is 344 g/mol. The number of H-pyrrole nitrogens is 1. The van der Waals surface area contributed by atoms with Crippen molar-refractivity contribution in [3.63, 3.8) is 0 Å². The zero-order chi connectivity index (χ0) is 17.8. The normalized spacial score (nSPS) is 14.8. The van der Waals surface area contributed by atoms with E-state index < -0.39 is 17.1 Å². The summed E-state index contributed by atoms with van der Waals surface area (Å²) in [5, 5.41) is 16.6. The Morgan fingerprint density at radius 1 is 1.20 bits per heavy atom. The van der Waals surface area contributed by atoms with Gasteiger partial charge in [0.25, 0.3) is 5.56 Å². The average molecular weight is 344 g/mol. The second-order valence-corrected chi connectivity index (χ2v) is 5.76. The summed E-state index contributed by atoms with van der Waals surface area (Å²) in [6.07, 6.45) is 4.54. The van der Waals surface area contributed by atoms with Crippen molar-refractivity contribution < 1.29 is 9.84 Å². The molecule has 0 aliphatic carbocycles. The predicted molar refractivity (Wildman–Crippen MR) is 93.9 cm³/mol. The molecule has 1 saturated heterocycles. The molecule has 0 atom stereocenters. The number of hydrogen-bond donors (Lipinski definition) is 2. The Bertz CT molecular complexity index is 894. The molecule has 0 unspecified atom stereocenters. The molecule has 8 heteroatoms. The number of hydrazone groups is 1. The number of aromatic amines is 1. The zero-order valence-corrected chi connectivity index (χ0v) is 13.9. The lowest BCUT2D eigenvalue weighted by atomic mass is 10.2. The molecule has 1 aliphatic heterocycles. The standard InChI is InChI=1S/C17H20N4O4/c1-25-14-8-4-3-7-13(14)21-16(23)12(15(22)19-17(21)24)11-18-20-9-5-2-6-10-20/h3-4,7-8,11,23H,2,5-6,9-10H2,1H3,(H,19,22,24). The maximum atomic E-state index is 12.2. The molecular formula is C17H20N4O4. The fourth-order valence-electron chi connectivity index (χ4n) is 2.82. The Morgan fingerprint density at radius 2 is 1.92 bits per heavy atom. The van der Waals surface area contributed by atoms with E-state index in [0.717, 1.165) is 36.9 Å². The fourth-order valence-corrected chi connectivity index (χ4v) is 2.82. The summed E-state index contributed by atoms with van der Waals surface area (Å²) in [4.78, 5) is 26.5. The van der Waals surface area contributed by atoms with Crippen molar-refractivity contribution in [2.45, 2.75) is 19.3 Å². The maximum absolute atomic E-state index is 12.2. The lowest BCUT2D eigenvalue weighted by molar-refractivity contribution is 0.240. The minimum atomic E-state index is -0.748. The van der Waals surface area contributed by atoms with Crippen LogP contribution in [0.25, 0.3) is 5.69 Å². The SMILES string of the molecule is COc1ccccc1-n1c(O)c(C=NN2CCCCC2)c(=O)[nH]c1=O. The lowest BCUT2D eigenvalue weighted by Crippen LogP contribution is -2.32. The molecule has 2 heterocycles. The quantitative estimate of drug-likeness (QED) is 0.808. The lowest BCUT2D eigenvalue weighted by Gasteiger charge is -2.23. The number of piperidine rings is 1. The summed E-state index contributed by atoms with van der Waals surface area (Å²) in [6.45, 7) is 1.61. The van der Waals surface area contributed by atoms with E-state index >= 15 is 0 Å². The first-order chi connectivity index (χ1) is 12.1. The molecule has 2 N–H and O–H groups in total. The van der Waals surface area contributed by atoms with E-state index in [1.165, 1.54) is 13.3 Å². The van der Waals surface area contributed by atoms with Crippen LogP contribution in [0.4, 0.5) is 0 Å². The van der Waals surface area contributed by atoms with Gasteiger partial charge in [0.05, 0.1) is 19.0 Å². The van der Waals surface area contributed by atoms with Crippen molar-refractivity contribution in [3.05, 3.63) is 50.7 Å². The third-order valence-electron chi connectivity index (χ3n) is 4.13. The molecular weight excluding hydrogens is 324 g/mol. The fraction of sp³-hybridized carbons (Fsp3) is 0.353. The molecule has 25 heavy (non-hydrogen) atoms. The van der Waals surface area contributed by atoms with Gasteiger partial charge in [-0.25, -0.2) is 9.36 Å². The highest BCUT2D eigenvalue weighted by molar-refractivity contribution is 5.82. The van der Waals surface area contributed by atoms with Crippen molar-refractivity contribution in [2.75, 3.05) is 20.2 Å². The van der Waals surface area contributed by atoms with Crippen molar-refractivity contribution in [1.29, 1.82) is 0 Å². The molecule has 0 amide bonds. The second-order valence-electron chi connectivity index (χ2n) is 5.76. The summed E-state index contributed by atoms with van der Waals surface area (Å²) in [6, 6.07) is 6.73. The number of nitrogens with one attached hydrogen (secondary N) is 1. The van der Waals surface area contributed by atoms with Gasteiger partial charge in [0.2, 0.25) is 5.88 Å². The predicted octanol–water partition coefficient (Wildman–Crippen LogP) is 1.06. The smallest absolute Gasteiger partial charge is 0.335 e. The molecule has 0 spiro atoms. The summed E-state index contributed by atoms with van der Waals surface area (Å²) in [5.74, 6) is -0.0788. The Morgan fingerprint density at radius 3 is 2.64 bits per heavy atom. The van der Waals surface area contributed by atoms with Gasteiger partial charge in [0, 0.05) is 13.1 Å². The van der Waals surface area contributed by atoms with Gasteiger partial charge in [0.1, 0.15) is 11.3 Å². The zero-order valence-electron chi connectivity index (χ0n) is 13.9. The number of hydrogen-bond acceptors (Lipinski definition) is 6. The molecule has 0 bridgehead atoms. The van der Waals surface area contributed by atoms with Gasteiger partial charge in [-0.1, -0.05) is 12.1 Å². The van der Waals surface area contributed by atoms with E-state index in [1.54, 1.807) is 24.3 Å². The Labute approximate surface area is 144 Å². The van der Waals surface area contributed by atoms with Crippen LogP contribution in [0.5, 0.6) is 11.6 Å². The first-order valence-electron chi connectivity index (χ1n) is 8.12. The number of aromatic hydroxyl groups is 1. The van der Waals surface area contributed by atoms with E-state index in [-0.39, 0.29) is 5.56 Å². The number of benzene rings is 1. The molecule has 132 valence electrons. The number of para-hydroxylation sites is 2. The van der Waals surface area contributed by atoms with Crippen LogP contribution in [0.1, 0.15) is 24.8 Å². The third-order valence-corrected chi connectivity index (χ3v) is 4.13. The highest BCUT2D eigenvalue weighted by atomic mass is 16.5. The molecule has 1 aromatic carbocycles. The topological polar surface area (TPSA) is 99.9 Å². The highest BCUT2D eigenvalue weighted by Gasteiger charge is 2.17. The highest BCUT2D eigenvalue weighted by Crippen LogP contribution is 2.24. The van der Waals surface area contributed by atoms with Gasteiger partial charge >= 0.3 is 5.69 Å². The van der Waals surface area contributed by atoms with Gasteiger partial charge in [-0.2, -0.15) is 5.10 Å². The van der Waals surface area contributed by atoms with Crippen molar-refractivity contribution >= 4 is 6.21 Å². The Balaban J connectivity index is 2.07. The van der Waals surface area contributed by atoms with Crippen LogP contribution in [-0.2, 0) is 0 Å². The van der Waals surface area contributed by atoms with E-state index in [0.29, 0.717) is 11.4 Å². The number of ether oxygens (including phenoxy) is 1. The van der Waals surface area contributed by atoms with Crippen LogP contribution in [0, 0.1) is 0 Å². The molecule has 8 nitrogen and oxygen atoms in total. The van der Waals surface area contributed by atoms with Gasteiger partial charge in [-0.3, -0.25) is 14.8 Å². The van der Waals surface area contributed by atoms with Crippen LogP contribution in [0.3, 0.4) is 0 Å². The number of aromatic nitrogens is 2. The van der Waals surface area contributed by atoms with Crippen LogP contribution in [0.2, 0.25) is 0 Å². The van der Waals surface area contributed by atoms with Crippen LogP contribution < -0.4 is 16.0 Å². The molecule has 1 fully saturated rings. The third kappa shape index (κ3) is 3.42. The average Bonchev–Trinajstić information content (AvgIpc) is 2.62. The van der Waals surface area contributed by atoms with Crippen LogP contribution in [-0.4, -0.2) is 46.1 Å². The maximum Gasteiger partial charge on any atom is 0.335 e. The number of nitrogens with zero attached hydrogens (tertiary/aromatic N) is 3. The van der Waals surface area contributed by atoms with E-state index in [1.807, 2.05) is 5.01 Å².